The van der Waals surface area contributed by atoms with Crippen molar-refractivity contribution < 1.29 is 9.53 Å². The highest BCUT2D eigenvalue weighted by molar-refractivity contribution is 7.13. The largest absolute Gasteiger partial charge is 0.375 e. The summed E-state index contributed by atoms with van der Waals surface area (Å²) in [6.45, 7) is 0.0412. The van der Waals surface area contributed by atoms with Gasteiger partial charge in [-0.25, -0.2) is 0 Å². The van der Waals surface area contributed by atoms with E-state index in [9.17, 15) is 4.79 Å². The molecule has 0 radical (unpaired) electrons. The quantitative estimate of drug-likeness (QED) is 0.705. The van der Waals surface area contributed by atoms with E-state index in [-0.39, 0.29) is 12.5 Å². The van der Waals surface area contributed by atoms with Crippen LogP contribution < -0.4 is 5.32 Å². The maximum atomic E-state index is 10.8. The Morgan fingerprint density at radius 2 is 2.73 bits per heavy atom. The number of ether oxygens (including phenoxy) is 1. The number of carbonyl (C=O) groups excluding carboxylic acids is 1. The van der Waals surface area contributed by atoms with E-state index in [2.05, 4.69) is 20.3 Å². The lowest BCUT2D eigenvalue weighted by Gasteiger charge is -1.97. The lowest BCUT2D eigenvalue weighted by atomic mass is 10.6. The van der Waals surface area contributed by atoms with Crippen LogP contribution in [0.2, 0.25) is 0 Å². The van der Waals surface area contributed by atoms with Crippen LogP contribution in [0.4, 0.5) is 5.13 Å². The molecule has 0 spiro atoms. The molecular weight excluding hydrogens is 166 g/mol. The van der Waals surface area contributed by atoms with Crippen LogP contribution >= 0.6 is 11.3 Å². The fourth-order valence-corrected chi connectivity index (χ4v) is 0.975. The molecule has 0 aliphatic carbocycles. The summed E-state index contributed by atoms with van der Waals surface area (Å²) < 4.78 is 4.60. The molecule has 0 saturated carbocycles. The second kappa shape index (κ2) is 3.99. The first kappa shape index (κ1) is 8.09. The van der Waals surface area contributed by atoms with Crippen LogP contribution in [0.15, 0.2) is 5.51 Å². The van der Waals surface area contributed by atoms with Crippen molar-refractivity contribution in [2.75, 3.05) is 19.0 Å². The average molecular weight is 173 g/mol. The van der Waals surface area contributed by atoms with Crippen LogP contribution in [-0.2, 0) is 9.53 Å². The van der Waals surface area contributed by atoms with E-state index in [0.29, 0.717) is 5.13 Å². The molecule has 0 aliphatic heterocycles. The number of methoxy groups -OCH3 is 1. The van der Waals surface area contributed by atoms with Crippen LogP contribution in [0, 0.1) is 0 Å². The Bertz CT molecular complexity index is 224. The lowest BCUT2D eigenvalue weighted by Crippen LogP contribution is -2.16. The highest BCUT2D eigenvalue weighted by atomic mass is 32.1. The molecule has 0 atom stereocenters. The Morgan fingerprint density at radius 3 is 3.27 bits per heavy atom. The van der Waals surface area contributed by atoms with Gasteiger partial charge in [-0.1, -0.05) is 11.3 Å². The minimum atomic E-state index is -0.218. The van der Waals surface area contributed by atoms with Crippen LogP contribution in [0.5, 0.6) is 0 Å². The van der Waals surface area contributed by atoms with E-state index in [4.69, 9.17) is 0 Å². The van der Waals surface area contributed by atoms with Crippen LogP contribution in [0.3, 0.4) is 0 Å². The molecule has 1 aromatic heterocycles. The zero-order chi connectivity index (χ0) is 8.10. The van der Waals surface area contributed by atoms with Crippen molar-refractivity contribution in [3.63, 3.8) is 0 Å². The lowest BCUT2D eigenvalue weighted by molar-refractivity contribution is -0.119. The Labute approximate surface area is 67.4 Å². The molecule has 1 aromatic rings. The van der Waals surface area contributed by atoms with Gasteiger partial charge in [0, 0.05) is 7.11 Å². The second-order valence-electron chi connectivity index (χ2n) is 1.73. The zero-order valence-corrected chi connectivity index (χ0v) is 6.72. The summed E-state index contributed by atoms with van der Waals surface area (Å²) in [6.07, 6.45) is 0. The third-order valence-corrected chi connectivity index (χ3v) is 1.49. The first-order chi connectivity index (χ1) is 5.33. The Morgan fingerprint density at radius 1 is 1.91 bits per heavy atom. The van der Waals surface area contributed by atoms with Gasteiger partial charge < -0.3 is 4.74 Å². The summed E-state index contributed by atoms with van der Waals surface area (Å²) in [5, 5.41) is 10.2. The van der Waals surface area contributed by atoms with Crippen LogP contribution in [0.1, 0.15) is 0 Å². The maximum Gasteiger partial charge on any atom is 0.252 e. The van der Waals surface area contributed by atoms with Gasteiger partial charge in [0.1, 0.15) is 12.1 Å². The van der Waals surface area contributed by atoms with Crippen LogP contribution in [0.25, 0.3) is 0 Å². The highest BCUT2D eigenvalue weighted by Gasteiger charge is 2.02. The number of nitrogens with zero attached hydrogens (tertiary/aromatic N) is 2. The summed E-state index contributed by atoms with van der Waals surface area (Å²) in [4.78, 5) is 10.8. The van der Waals surface area contributed by atoms with Gasteiger partial charge in [-0.05, 0) is 0 Å². The fourth-order valence-electron chi connectivity index (χ4n) is 0.514. The van der Waals surface area contributed by atoms with E-state index in [1.54, 1.807) is 5.51 Å². The molecular formula is C5H7N3O2S. The number of hydrogen-bond donors (Lipinski definition) is 1. The number of aromatic nitrogens is 2. The summed E-state index contributed by atoms with van der Waals surface area (Å²) in [5.74, 6) is -0.218. The van der Waals surface area contributed by atoms with Crippen molar-refractivity contribution >= 4 is 22.4 Å². The first-order valence-corrected chi connectivity index (χ1v) is 3.76. The fraction of sp³-hybridized carbons (Fsp3) is 0.400. The molecule has 1 amide bonds. The summed E-state index contributed by atoms with van der Waals surface area (Å²) in [5.41, 5.74) is 1.54. The molecule has 11 heavy (non-hydrogen) atoms. The normalized spacial score (nSPS) is 9.55. The molecule has 1 N–H and O–H groups in total. The standard InChI is InChI=1S/C5H7N3O2S/c1-10-2-4(9)7-5-8-6-3-11-5/h3H,2H2,1H3,(H,7,8,9). The predicted octanol–water partition coefficient (Wildman–Crippen LogP) is 0.123. The number of rotatable bonds is 3. The summed E-state index contributed by atoms with van der Waals surface area (Å²) >= 11 is 1.27. The van der Waals surface area contributed by atoms with E-state index in [0.717, 1.165) is 0 Å². The molecule has 0 unspecified atom stereocenters. The molecule has 60 valence electrons. The molecule has 0 fully saturated rings. The number of nitrogens with one attached hydrogen (secondary N) is 1. The third-order valence-electron chi connectivity index (χ3n) is 0.882. The van der Waals surface area contributed by atoms with Crippen molar-refractivity contribution in [2.24, 2.45) is 0 Å². The minimum Gasteiger partial charge on any atom is -0.375 e. The molecule has 1 rings (SSSR count). The highest BCUT2D eigenvalue weighted by Crippen LogP contribution is 2.06. The van der Waals surface area contributed by atoms with Crippen molar-refractivity contribution in [1.82, 2.24) is 10.2 Å². The first-order valence-electron chi connectivity index (χ1n) is 2.88. The van der Waals surface area contributed by atoms with Gasteiger partial charge >= 0.3 is 0 Å². The van der Waals surface area contributed by atoms with Crippen molar-refractivity contribution in [3.8, 4) is 0 Å². The van der Waals surface area contributed by atoms with Crippen molar-refractivity contribution in [1.29, 1.82) is 0 Å². The topological polar surface area (TPSA) is 64.1 Å². The molecule has 5 nitrogen and oxygen atoms in total. The number of carbonyl (C=O) groups is 1. The minimum absolute atomic E-state index is 0.0412. The average Bonchev–Trinajstić information content (AvgIpc) is 2.40. The van der Waals surface area contributed by atoms with Gasteiger partial charge in [0.2, 0.25) is 5.13 Å². The van der Waals surface area contributed by atoms with Gasteiger partial charge in [-0.15, -0.1) is 10.2 Å². The number of anilines is 1. The molecule has 0 aromatic carbocycles. The number of amides is 1. The van der Waals surface area contributed by atoms with Gasteiger partial charge in [0.05, 0.1) is 0 Å². The van der Waals surface area contributed by atoms with Crippen molar-refractivity contribution in [2.45, 2.75) is 0 Å². The molecule has 0 bridgehead atoms. The van der Waals surface area contributed by atoms with E-state index >= 15 is 0 Å². The molecule has 6 heteroatoms. The predicted molar refractivity (Wildman–Crippen MR) is 40.4 cm³/mol. The van der Waals surface area contributed by atoms with Crippen LogP contribution in [-0.4, -0.2) is 29.8 Å². The smallest absolute Gasteiger partial charge is 0.252 e. The molecule has 0 saturated heterocycles. The Balaban J connectivity index is 2.37. The Hall–Kier alpha value is -1.01. The van der Waals surface area contributed by atoms with Gasteiger partial charge in [0.15, 0.2) is 0 Å². The van der Waals surface area contributed by atoms with E-state index < -0.39 is 0 Å². The van der Waals surface area contributed by atoms with Gasteiger partial charge in [0.25, 0.3) is 5.91 Å². The van der Waals surface area contributed by atoms with Gasteiger partial charge in [-0.2, -0.15) is 0 Å². The summed E-state index contributed by atoms with van der Waals surface area (Å²) in [7, 11) is 1.46. The second-order valence-corrected chi connectivity index (χ2v) is 2.56. The number of hydrogen-bond acceptors (Lipinski definition) is 5. The molecule has 0 aliphatic rings. The summed E-state index contributed by atoms with van der Waals surface area (Å²) in [6, 6.07) is 0. The monoisotopic (exact) mass is 173 g/mol. The van der Waals surface area contributed by atoms with Gasteiger partial charge in [-0.3, -0.25) is 10.1 Å². The maximum absolute atomic E-state index is 10.8. The SMILES string of the molecule is COCC(=O)Nc1nncs1. The third kappa shape index (κ3) is 2.60. The van der Waals surface area contributed by atoms with Crippen molar-refractivity contribution in [3.05, 3.63) is 5.51 Å². The van der Waals surface area contributed by atoms with E-state index in [1.807, 2.05) is 0 Å². The molecule has 1 heterocycles. The van der Waals surface area contributed by atoms with E-state index in [1.165, 1.54) is 18.4 Å². The Kier molecular flexibility index (Phi) is 2.94. The zero-order valence-electron chi connectivity index (χ0n) is 5.90.